The lowest BCUT2D eigenvalue weighted by Gasteiger charge is -2.63. The minimum absolute atomic E-state index is 0.0545. The number of carbonyl (C=O) groups is 2. The van der Waals surface area contributed by atoms with Crippen molar-refractivity contribution in [3.8, 4) is 0 Å². The largest absolute Gasteiger partial charge is 0.390 e. The fourth-order valence-corrected chi connectivity index (χ4v) is 7.31. The molecule has 154 valence electrons. The van der Waals surface area contributed by atoms with E-state index in [0.717, 1.165) is 0 Å². The Morgan fingerprint density at radius 3 is 2.64 bits per heavy atom. The van der Waals surface area contributed by atoms with Crippen molar-refractivity contribution >= 4 is 12.1 Å². The molecule has 3 N–H and O–H groups in total. The molecule has 6 heteroatoms. The van der Waals surface area contributed by atoms with Crippen LogP contribution in [0, 0.1) is 28.6 Å². The average Bonchev–Trinajstić information content (AvgIpc) is 2.84. The number of aliphatic hydroxyl groups is 3. The molecule has 3 saturated carbocycles. The van der Waals surface area contributed by atoms with E-state index in [-0.39, 0.29) is 18.1 Å². The van der Waals surface area contributed by atoms with Gasteiger partial charge in [0.25, 0.3) is 0 Å². The van der Waals surface area contributed by atoms with E-state index in [9.17, 15) is 24.9 Å². The molecule has 0 aliphatic heterocycles. The van der Waals surface area contributed by atoms with E-state index in [1.54, 1.807) is 26.8 Å². The maximum absolute atomic E-state index is 16.9. The first-order valence-corrected chi connectivity index (χ1v) is 10.1. The molecule has 0 aromatic rings. The van der Waals surface area contributed by atoms with Crippen LogP contribution in [0.3, 0.4) is 0 Å². The van der Waals surface area contributed by atoms with Gasteiger partial charge in [-0.15, -0.1) is 0 Å². The molecule has 0 saturated heterocycles. The van der Waals surface area contributed by atoms with Gasteiger partial charge in [-0.25, -0.2) is 4.39 Å². The summed E-state index contributed by atoms with van der Waals surface area (Å²) in [6.07, 6.45) is 3.24. The van der Waals surface area contributed by atoms with Crippen LogP contribution in [0.5, 0.6) is 0 Å². The summed E-state index contributed by atoms with van der Waals surface area (Å²) < 4.78 is 16.9. The Balaban J connectivity index is 1.84. The molecule has 4 rings (SSSR count). The summed E-state index contributed by atoms with van der Waals surface area (Å²) in [4.78, 5) is 23.2. The lowest BCUT2D eigenvalue weighted by Crippen LogP contribution is -2.69. The molecular formula is C22H29FO5. The number of rotatable bonds is 2. The van der Waals surface area contributed by atoms with Crippen LogP contribution in [0.4, 0.5) is 4.39 Å². The SMILES string of the molecule is C[C@@H]1C[C@H]2[C@@H]3CCC4=CC(=O)C=C[C@]4(C)[C@@]3(F)[C@@H](O)C[C@]2(C)[C@@]1(O)[C@H](O)C=O. The van der Waals surface area contributed by atoms with Crippen molar-refractivity contribution in [2.24, 2.45) is 28.6 Å². The molecule has 5 nitrogen and oxygen atoms in total. The minimum atomic E-state index is -1.98. The molecule has 4 aliphatic rings. The molecule has 9 atom stereocenters. The zero-order valence-corrected chi connectivity index (χ0v) is 16.6. The highest BCUT2D eigenvalue weighted by Crippen LogP contribution is 2.70. The third-order valence-electron chi connectivity index (χ3n) is 8.88. The van der Waals surface area contributed by atoms with E-state index in [2.05, 4.69) is 0 Å². The second-order valence-electron chi connectivity index (χ2n) is 9.81. The summed E-state index contributed by atoms with van der Waals surface area (Å²) in [5, 5.41) is 32.9. The highest BCUT2D eigenvalue weighted by Gasteiger charge is 2.75. The van der Waals surface area contributed by atoms with Crippen LogP contribution < -0.4 is 0 Å². The van der Waals surface area contributed by atoms with E-state index < -0.39 is 46.1 Å². The van der Waals surface area contributed by atoms with Crippen LogP contribution >= 0.6 is 0 Å². The van der Waals surface area contributed by atoms with Crippen LogP contribution in [0.2, 0.25) is 0 Å². The van der Waals surface area contributed by atoms with Gasteiger partial charge in [-0.2, -0.15) is 0 Å². The Hall–Kier alpha value is -1.37. The summed E-state index contributed by atoms with van der Waals surface area (Å²) in [5.74, 6) is -1.41. The van der Waals surface area contributed by atoms with E-state index in [4.69, 9.17) is 0 Å². The second-order valence-corrected chi connectivity index (χ2v) is 9.81. The van der Waals surface area contributed by atoms with Crippen LogP contribution in [0.1, 0.15) is 46.5 Å². The zero-order valence-electron chi connectivity index (χ0n) is 16.6. The molecule has 0 aromatic heterocycles. The number of fused-ring (bicyclic) bond motifs is 5. The van der Waals surface area contributed by atoms with Crippen LogP contribution in [0.15, 0.2) is 23.8 Å². The van der Waals surface area contributed by atoms with Gasteiger partial charge in [0.1, 0.15) is 11.7 Å². The van der Waals surface area contributed by atoms with E-state index in [1.165, 1.54) is 12.2 Å². The van der Waals surface area contributed by atoms with Crippen molar-refractivity contribution in [3.05, 3.63) is 23.8 Å². The number of alkyl halides is 1. The smallest absolute Gasteiger partial charge is 0.178 e. The molecule has 0 radical (unpaired) electrons. The highest BCUT2D eigenvalue weighted by atomic mass is 19.1. The summed E-state index contributed by atoms with van der Waals surface area (Å²) in [6.45, 7) is 5.28. The Morgan fingerprint density at radius 2 is 2.00 bits per heavy atom. The summed E-state index contributed by atoms with van der Waals surface area (Å²) in [5.41, 5.74) is -5.06. The first kappa shape index (κ1) is 19.9. The van der Waals surface area contributed by atoms with Crippen molar-refractivity contribution in [3.63, 3.8) is 0 Å². The zero-order chi connectivity index (χ0) is 20.7. The Labute approximate surface area is 164 Å². The van der Waals surface area contributed by atoms with Gasteiger partial charge in [0.05, 0.1) is 6.10 Å². The van der Waals surface area contributed by atoms with Gasteiger partial charge in [-0.3, -0.25) is 4.79 Å². The normalized spacial score (nSPS) is 53.7. The van der Waals surface area contributed by atoms with E-state index in [1.807, 2.05) is 0 Å². The molecule has 0 aromatic carbocycles. The maximum Gasteiger partial charge on any atom is 0.178 e. The standard InChI is InChI=1S/C22H29FO5/c1-12-8-16-15-5-4-13-9-14(25)6-7-19(13,2)21(15,23)17(26)10-20(16,3)22(12,28)18(27)11-24/h6-7,9,11-12,15-18,26-28H,4-5,8,10H2,1-3H3/t12-,15+,16+,17+,18-,19+,20+,21+,22+/m1/s1. The predicted octanol–water partition coefficient (Wildman–Crippen LogP) is 1.89. The van der Waals surface area contributed by atoms with Gasteiger partial charge < -0.3 is 20.1 Å². The quantitative estimate of drug-likeness (QED) is 0.624. The topological polar surface area (TPSA) is 94.8 Å². The Morgan fingerprint density at radius 1 is 1.32 bits per heavy atom. The van der Waals surface area contributed by atoms with Crippen molar-refractivity contribution in [1.82, 2.24) is 0 Å². The average molecular weight is 392 g/mol. The number of carbonyl (C=O) groups excluding carboxylic acids is 2. The molecule has 4 aliphatic carbocycles. The third-order valence-corrected chi connectivity index (χ3v) is 8.88. The van der Waals surface area contributed by atoms with E-state index >= 15 is 4.39 Å². The predicted molar refractivity (Wildman–Crippen MR) is 99.9 cm³/mol. The molecule has 3 fully saturated rings. The fourth-order valence-electron chi connectivity index (χ4n) is 7.31. The molecule has 0 heterocycles. The third kappa shape index (κ3) is 2.01. The van der Waals surface area contributed by atoms with Gasteiger partial charge in [-0.05, 0) is 56.6 Å². The monoisotopic (exact) mass is 392 g/mol. The summed E-state index contributed by atoms with van der Waals surface area (Å²) in [7, 11) is 0. The first-order valence-electron chi connectivity index (χ1n) is 10.1. The Bertz CT molecular complexity index is 792. The molecule has 28 heavy (non-hydrogen) atoms. The number of aliphatic hydroxyl groups excluding tert-OH is 2. The van der Waals surface area contributed by atoms with Crippen LogP contribution in [0.25, 0.3) is 0 Å². The first-order chi connectivity index (χ1) is 13.0. The van der Waals surface area contributed by atoms with Gasteiger partial charge in [0.15, 0.2) is 17.7 Å². The molecular weight excluding hydrogens is 363 g/mol. The lowest BCUT2D eigenvalue weighted by atomic mass is 9.44. The van der Waals surface area contributed by atoms with Crippen molar-refractivity contribution in [1.29, 1.82) is 0 Å². The minimum Gasteiger partial charge on any atom is -0.390 e. The fraction of sp³-hybridized carbons (Fsp3) is 0.727. The second kappa shape index (κ2) is 5.83. The molecule has 0 bridgehead atoms. The number of hydrogen-bond acceptors (Lipinski definition) is 5. The van der Waals surface area contributed by atoms with Gasteiger partial charge in [0.2, 0.25) is 0 Å². The number of allylic oxidation sites excluding steroid dienone is 4. The summed E-state index contributed by atoms with van der Waals surface area (Å²) in [6, 6.07) is 0. The highest BCUT2D eigenvalue weighted by molar-refractivity contribution is 6.01. The van der Waals surface area contributed by atoms with Crippen molar-refractivity contribution in [2.45, 2.75) is 69.9 Å². The van der Waals surface area contributed by atoms with Gasteiger partial charge >= 0.3 is 0 Å². The molecule has 0 amide bonds. The number of aldehydes is 1. The van der Waals surface area contributed by atoms with Crippen molar-refractivity contribution in [2.75, 3.05) is 0 Å². The summed E-state index contributed by atoms with van der Waals surface area (Å²) >= 11 is 0. The lowest BCUT2D eigenvalue weighted by molar-refractivity contribution is -0.235. The molecule has 0 unspecified atom stereocenters. The van der Waals surface area contributed by atoms with E-state index in [0.29, 0.717) is 31.1 Å². The van der Waals surface area contributed by atoms with Crippen molar-refractivity contribution < 1.29 is 29.3 Å². The van der Waals surface area contributed by atoms with Gasteiger partial charge in [-0.1, -0.05) is 25.5 Å². The van der Waals surface area contributed by atoms with Crippen LogP contribution in [-0.4, -0.2) is 50.9 Å². The number of ketones is 1. The van der Waals surface area contributed by atoms with Crippen LogP contribution in [-0.2, 0) is 9.59 Å². The number of halogens is 1. The maximum atomic E-state index is 16.9. The Kier molecular flexibility index (Phi) is 4.15. The van der Waals surface area contributed by atoms with Gasteiger partial charge in [0, 0.05) is 16.7 Å². The number of hydrogen-bond donors (Lipinski definition) is 3. The molecule has 0 spiro atoms.